The molecule has 3 heterocycles. The summed E-state index contributed by atoms with van der Waals surface area (Å²) in [5, 5.41) is 21.1. The van der Waals surface area contributed by atoms with Gasteiger partial charge >= 0.3 is 0 Å². The van der Waals surface area contributed by atoms with Crippen molar-refractivity contribution < 1.29 is 10.2 Å². The van der Waals surface area contributed by atoms with Crippen molar-refractivity contribution in [1.29, 1.82) is 0 Å². The van der Waals surface area contributed by atoms with Crippen molar-refractivity contribution in [3.05, 3.63) is 24.0 Å². The first-order valence-corrected chi connectivity index (χ1v) is 9.46. The number of anilines is 1. The number of nitrogens with zero attached hydrogens (tertiary/aromatic N) is 3. The maximum Gasteiger partial charge on any atom is 0.0776 e. The van der Waals surface area contributed by atoms with E-state index in [0.29, 0.717) is 19.0 Å². The Kier molecular flexibility index (Phi) is 4.50. The van der Waals surface area contributed by atoms with Crippen molar-refractivity contribution in [2.24, 2.45) is 0 Å². The van der Waals surface area contributed by atoms with E-state index in [9.17, 15) is 10.2 Å². The van der Waals surface area contributed by atoms with Gasteiger partial charge in [-0.1, -0.05) is 12.8 Å². The Morgan fingerprint density at radius 3 is 2.96 bits per heavy atom. The molecular weight excluding hydrogens is 302 g/mol. The van der Waals surface area contributed by atoms with Gasteiger partial charge in [-0.3, -0.25) is 9.88 Å². The van der Waals surface area contributed by atoms with E-state index in [1.165, 1.54) is 18.5 Å². The second-order valence-electron chi connectivity index (χ2n) is 7.94. The number of β-amino-alcohol motifs (C(OH)–C–C–N with tert-alkyl or cyclic N) is 1. The van der Waals surface area contributed by atoms with Gasteiger partial charge in [0.15, 0.2) is 0 Å². The summed E-state index contributed by atoms with van der Waals surface area (Å²) in [5.74, 6) is 0. The first-order valence-electron chi connectivity index (χ1n) is 9.46. The average molecular weight is 331 g/mol. The van der Waals surface area contributed by atoms with Gasteiger partial charge in [0, 0.05) is 44.8 Å². The molecule has 1 saturated heterocycles. The van der Waals surface area contributed by atoms with Gasteiger partial charge in [0.05, 0.1) is 23.1 Å². The predicted octanol–water partition coefficient (Wildman–Crippen LogP) is 1.92. The Morgan fingerprint density at radius 1 is 1.29 bits per heavy atom. The second kappa shape index (κ2) is 6.62. The fourth-order valence-electron chi connectivity index (χ4n) is 4.91. The molecule has 2 N–H and O–H groups in total. The summed E-state index contributed by atoms with van der Waals surface area (Å²) in [6.45, 7) is 3.51. The number of rotatable bonds is 4. The van der Waals surface area contributed by atoms with Gasteiger partial charge in [-0.15, -0.1) is 0 Å². The van der Waals surface area contributed by atoms with Crippen LogP contribution in [0, 0.1) is 0 Å². The molecule has 2 aliphatic heterocycles. The minimum absolute atomic E-state index is 0.465. The zero-order valence-electron chi connectivity index (χ0n) is 14.4. The summed E-state index contributed by atoms with van der Waals surface area (Å²) < 4.78 is 0. The maximum absolute atomic E-state index is 10.6. The summed E-state index contributed by atoms with van der Waals surface area (Å²) in [6.07, 6.45) is 8.20. The molecule has 1 aromatic rings. The van der Waals surface area contributed by atoms with Gasteiger partial charge in [0.1, 0.15) is 0 Å². The molecule has 24 heavy (non-hydrogen) atoms. The van der Waals surface area contributed by atoms with Crippen LogP contribution in [0.4, 0.5) is 5.69 Å². The Bertz CT molecular complexity index is 573. The molecule has 0 bridgehead atoms. The molecule has 0 spiro atoms. The van der Waals surface area contributed by atoms with E-state index in [1.54, 1.807) is 0 Å². The number of hydrogen-bond acceptors (Lipinski definition) is 5. The summed E-state index contributed by atoms with van der Waals surface area (Å²) in [5.41, 5.74) is 1.75. The molecule has 1 aromatic heterocycles. The predicted molar refractivity (Wildman–Crippen MR) is 93.9 cm³/mol. The monoisotopic (exact) mass is 331 g/mol. The van der Waals surface area contributed by atoms with Crippen molar-refractivity contribution in [2.75, 3.05) is 24.5 Å². The van der Waals surface area contributed by atoms with Crippen LogP contribution in [0.1, 0.15) is 50.6 Å². The van der Waals surface area contributed by atoms with Crippen molar-refractivity contribution in [1.82, 2.24) is 9.88 Å². The molecule has 3 aliphatic rings. The van der Waals surface area contributed by atoms with E-state index < -0.39 is 11.7 Å². The van der Waals surface area contributed by atoms with Crippen LogP contribution in [0.25, 0.3) is 0 Å². The van der Waals surface area contributed by atoms with Crippen LogP contribution in [-0.2, 0) is 6.54 Å². The Hall–Kier alpha value is -1.17. The summed E-state index contributed by atoms with van der Waals surface area (Å²) in [7, 11) is 0. The van der Waals surface area contributed by atoms with E-state index in [4.69, 9.17) is 0 Å². The Labute approximate surface area is 144 Å². The normalized spacial score (nSPS) is 27.6. The number of hydrogen-bond donors (Lipinski definition) is 2. The van der Waals surface area contributed by atoms with E-state index >= 15 is 0 Å². The molecule has 5 nitrogen and oxygen atoms in total. The SMILES string of the molecule is OC(CN1Cc2ncccc2N2CCC[C@H]2C1)CC1(O)CCCC1. The second-order valence-corrected chi connectivity index (χ2v) is 7.94. The molecular formula is C19H29N3O2. The number of fused-ring (bicyclic) bond motifs is 3. The molecule has 1 saturated carbocycles. The van der Waals surface area contributed by atoms with Gasteiger partial charge in [-0.25, -0.2) is 0 Å². The van der Waals surface area contributed by atoms with Gasteiger partial charge in [0.25, 0.3) is 0 Å². The molecule has 0 radical (unpaired) electrons. The van der Waals surface area contributed by atoms with Crippen molar-refractivity contribution in [3.63, 3.8) is 0 Å². The lowest BCUT2D eigenvalue weighted by Crippen LogP contribution is -2.42. The highest BCUT2D eigenvalue weighted by Crippen LogP contribution is 2.35. The number of aliphatic hydroxyl groups excluding tert-OH is 1. The van der Waals surface area contributed by atoms with Crippen molar-refractivity contribution >= 4 is 5.69 Å². The third kappa shape index (κ3) is 3.30. The van der Waals surface area contributed by atoms with Gasteiger partial charge in [-0.05, 0) is 37.8 Å². The lowest BCUT2D eigenvalue weighted by Gasteiger charge is -2.30. The average Bonchev–Trinajstić information content (AvgIpc) is 3.14. The molecule has 4 rings (SSSR count). The number of pyridine rings is 1. The highest BCUT2D eigenvalue weighted by Gasteiger charge is 2.36. The van der Waals surface area contributed by atoms with E-state index in [0.717, 1.165) is 51.0 Å². The molecule has 5 heteroatoms. The van der Waals surface area contributed by atoms with Crippen LogP contribution in [0.5, 0.6) is 0 Å². The minimum atomic E-state index is -0.638. The first-order chi connectivity index (χ1) is 11.6. The molecule has 0 aromatic carbocycles. The molecule has 2 atom stereocenters. The zero-order valence-corrected chi connectivity index (χ0v) is 14.4. The fourth-order valence-corrected chi connectivity index (χ4v) is 4.91. The number of aromatic nitrogens is 1. The molecule has 2 fully saturated rings. The fraction of sp³-hybridized carbons (Fsp3) is 0.737. The van der Waals surface area contributed by atoms with Crippen LogP contribution < -0.4 is 4.90 Å². The largest absolute Gasteiger partial charge is 0.392 e. The Morgan fingerprint density at radius 2 is 2.12 bits per heavy atom. The van der Waals surface area contributed by atoms with E-state index in [1.807, 2.05) is 12.3 Å². The lowest BCUT2D eigenvalue weighted by atomic mass is 9.94. The smallest absolute Gasteiger partial charge is 0.0776 e. The summed E-state index contributed by atoms with van der Waals surface area (Å²) >= 11 is 0. The lowest BCUT2D eigenvalue weighted by molar-refractivity contribution is -0.0161. The molecule has 1 aliphatic carbocycles. The van der Waals surface area contributed by atoms with Crippen molar-refractivity contribution in [3.8, 4) is 0 Å². The zero-order chi connectivity index (χ0) is 16.6. The van der Waals surface area contributed by atoms with Crippen molar-refractivity contribution in [2.45, 2.75) is 69.2 Å². The van der Waals surface area contributed by atoms with Crippen LogP contribution in [0.2, 0.25) is 0 Å². The van der Waals surface area contributed by atoms with Crippen LogP contribution in [0.15, 0.2) is 18.3 Å². The van der Waals surface area contributed by atoms with Crippen LogP contribution in [-0.4, -0.2) is 57.5 Å². The summed E-state index contributed by atoms with van der Waals surface area (Å²) in [6, 6.07) is 4.73. The molecule has 1 unspecified atom stereocenters. The van der Waals surface area contributed by atoms with Crippen LogP contribution >= 0.6 is 0 Å². The minimum Gasteiger partial charge on any atom is -0.392 e. The topological polar surface area (TPSA) is 59.8 Å². The summed E-state index contributed by atoms with van der Waals surface area (Å²) in [4.78, 5) is 9.44. The number of aliphatic hydroxyl groups is 2. The quantitative estimate of drug-likeness (QED) is 0.883. The third-order valence-corrected chi connectivity index (χ3v) is 6.01. The van der Waals surface area contributed by atoms with Gasteiger partial charge in [-0.2, -0.15) is 0 Å². The van der Waals surface area contributed by atoms with Gasteiger partial charge in [0.2, 0.25) is 0 Å². The maximum atomic E-state index is 10.6. The van der Waals surface area contributed by atoms with E-state index in [2.05, 4.69) is 20.9 Å². The van der Waals surface area contributed by atoms with Crippen LogP contribution in [0.3, 0.4) is 0 Å². The van der Waals surface area contributed by atoms with E-state index in [-0.39, 0.29) is 0 Å². The first kappa shape index (κ1) is 16.3. The van der Waals surface area contributed by atoms with Gasteiger partial charge < -0.3 is 15.1 Å². The molecule has 0 amide bonds. The highest BCUT2D eigenvalue weighted by atomic mass is 16.3. The third-order valence-electron chi connectivity index (χ3n) is 6.01. The Balaban J connectivity index is 1.46. The molecule has 132 valence electrons. The standard InChI is InChI=1S/C19H29N3O2/c23-16(11-19(24)7-1-2-8-19)13-21-12-15-5-4-10-22(15)18-6-3-9-20-17(18)14-21/h3,6,9,15-16,23-24H,1-2,4-5,7-8,10-14H2/t15-,16?/m0/s1. The highest BCUT2D eigenvalue weighted by molar-refractivity contribution is 5.53.